The van der Waals surface area contributed by atoms with Gasteiger partial charge in [0, 0.05) is 54.7 Å². The summed E-state index contributed by atoms with van der Waals surface area (Å²) in [5.41, 5.74) is 24.3. The van der Waals surface area contributed by atoms with Gasteiger partial charge in [-0.3, -0.25) is 0 Å². The molecule has 3 aliphatic carbocycles. The number of rotatable bonds is 5. The highest BCUT2D eigenvalue weighted by Crippen LogP contribution is 2.62. The highest BCUT2D eigenvalue weighted by molar-refractivity contribution is 7.33. The lowest BCUT2D eigenvalue weighted by Crippen LogP contribution is -2.60. The zero-order valence-corrected chi connectivity index (χ0v) is 49.0. The molecule has 0 saturated heterocycles. The molecule has 3 heterocycles. The van der Waals surface area contributed by atoms with Gasteiger partial charge in [-0.15, -0.1) is 11.3 Å². The molecule has 1 fully saturated rings. The number of thiophene rings is 1. The molecule has 2 unspecified atom stereocenters. The van der Waals surface area contributed by atoms with E-state index in [0.717, 1.165) is 23.5 Å². The summed E-state index contributed by atoms with van der Waals surface area (Å²) in [5.74, 6) is 0. The van der Waals surface area contributed by atoms with E-state index in [0.29, 0.717) is 0 Å². The monoisotopic (exact) mass is 1020 g/mol. The summed E-state index contributed by atoms with van der Waals surface area (Å²) in [4.78, 5) is 7.95. The van der Waals surface area contributed by atoms with E-state index in [-0.39, 0.29) is 44.6 Å². The van der Waals surface area contributed by atoms with Crippen LogP contribution in [0.25, 0.3) is 10.1 Å². The summed E-state index contributed by atoms with van der Waals surface area (Å²) >= 11 is 2.08. The molecule has 5 aliphatic rings. The van der Waals surface area contributed by atoms with Crippen molar-refractivity contribution in [3.8, 4) is 0 Å². The standard InChI is InChI=1S/C71H78BN3S/c1-65(2,3)44-26-29-58-57(37-44)72-62-59(74(58)50-35-45(66(4,5)6)34-46(36-50)67(7,8)9)39-51(73(47-22-18-16-19-23-47)48-24-20-17-21-25-48)40-60(62)75(49-27-28-53-54(38-49)69(12,13)31-30-68(53,10)11)63-52-41-55-56(42-61(52)76-64(63)72)71(15)33-32-70(55,14)43-71/h16-29,34-42H,30-33,43H2,1-15H3. The molecule has 0 amide bonds. The maximum Gasteiger partial charge on any atom is 0.264 e. The van der Waals surface area contributed by atoms with Crippen LogP contribution in [0.4, 0.5) is 51.2 Å². The van der Waals surface area contributed by atoms with Gasteiger partial charge in [-0.1, -0.05) is 165 Å². The maximum absolute atomic E-state index is 2.77. The predicted molar refractivity (Wildman–Crippen MR) is 330 cm³/mol. The van der Waals surface area contributed by atoms with Gasteiger partial charge >= 0.3 is 0 Å². The second-order valence-electron chi connectivity index (χ2n) is 28.8. The van der Waals surface area contributed by atoms with Crippen molar-refractivity contribution in [2.45, 2.75) is 174 Å². The van der Waals surface area contributed by atoms with Crippen LogP contribution in [0.3, 0.4) is 0 Å². The van der Waals surface area contributed by atoms with Crippen molar-refractivity contribution in [1.29, 1.82) is 0 Å². The Bertz CT molecular complexity index is 3620. The second kappa shape index (κ2) is 16.3. The number of anilines is 9. The summed E-state index contributed by atoms with van der Waals surface area (Å²) in [6, 6.07) is 55.3. The first-order valence-corrected chi connectivity index (χ1v) is 29.3. The van der Waals surface area contributed by atoms with Gasteiger partial charge in [0.1, 0.15) is 0 Å². The van der Waals surface area contributed by atoms with Crippen molar-refractivity contribution in [1.82, 2.24) is 0 Å². The maximum atomic E-state index is 2.77. The normalized spacial score (nSPS) is 20.8. The van der Waals surface area contributed by atoms with Gasteiger partial charge in [0.25, 0.3) is 6.71 Å². The number of hydrogen-bond donors (Lipinski definition) is 0. The van der Waals surface area contributed by atoms with Crippen LogP contribution in [0.15, 0.2) is 140 Å². The largest absolute Gasteiger partial charge is 0.311 e. The topological polar surface area (TPSA) is 9.72 Å². The van der Waals surface area contributed by atoms with Gasteiger partial charge in [-0.25, -0.2) is 0 Å². The fraction of sp³-hybridized carbons (Fsp3) is 0.380. The molecule has 2 atom stereocenters. The van der Waals surface area contributed by atoms with E-state index in [1.807, 2.05) is 0 Å². The molecule has 76 heavy (non-hydrogen) atoms. The third-order valence-corrected chi connectivity index (χ3v) is 20.5. The molecule has 0 N–H and O–H groups in total. The van der Waals surface area contributed by atoms with Crippen LogP contribution in [0.1, 0.15) is 175 Å². The Balaban J connectivity index is 1.21. The number of nitrogens with zero attached hydrogens (tertiary/aromatic N) is 3. The average Bonchev–Trinajstić information content (AvgIpc) is 4.12. The van der Waals surface area contributed by atoms with E-state index in [1.165, 1.54) is 113 Å². The van der Waals surface area contributed by atoms with Crippen molar-refractivity contribution in [3.63, 3.8) is 0 Å². The minimum Gasteiger partial charge on any atom is -0.311 e. The highest BCUT2D eigenvalue weighted by Gasteiger charge is 2.54. The van der Waals surface area contributed by atoms with E-state index in [2.05, 4.69) is 269 Å². The molecule has 7 aromatic carbocycles. The second-order valence-corrected chi connectivity index (χ2v) is 29.9. The van der Waals surface area contributed by atoms with Crippen LogP contribution < -0.4 is 30.4 Å². The van der Waals surface area contributed by atoms with E-state index >= 15 is 0 Å². The molecular formula is C71H78BN3S. The predicted octanol–water partition coefficient (Wildman–Crippen LogP) is 18.4. The summed E-state index contributed by atoms with van der Waals surface area (Å²) in [6.45, 7) is 36.4. The third kappa shape index (κ3) is 7.47. The van der Waals surface area contributed by atoms with Crippen LogP contribution in [0, 0.1) is 0 Å². The first-order chi connectivity index (χ1) is 35.7. The van der Waals surface area contributed by atoms with Gasteiger partial charge in [-0.2, -0.15) is 0 Å². The Morgan fingerprint density at radius 2 is 1.01 bits per heavy atom. The zero-order chi connectivity index (χ0) is 53.4. The smallest absolute Gasteiger partial charge is 0.264 e. The molecule has 8 aromatic rings. The molecule has 0 spiro atoms. The van der Waals surface area contributed by atoms with Crippen molar-refractivity contribution in [3.05, 3.63) is 178 Å². The van der Waals surface area contributed by atoms with E-state index < -0.39 is 0 Å². The molecule has 3 nitrogen and oxygen atoms in total. The summed E-state index contributed by atoms with van der Waals surface area (Å²) in [6.07, 6.45) is 6.12. The number of benzene rings is 7. The number of para-hydroxylation sites is 2. The van der Waals surface area contributed by atoms with Gasteiger partial charge in [0.05, 0.1) is 11.4 Å². The Hall–Kier alpha value is -6.04. The Morgan fingerprint density at radius 3 is 1.59 bits per heavy atom. The Morgan fingerprint density at radius 1 is 0.461 bits per heavy atom. The minimum absolute atomic E-state index is 0.00299. The molecule has 13 rings (SSSR count). The molecule has 0 radical (unpaired) electrons. The van der Waals surface area contributed by atoms with Crippen LogP contribution in [-0.4, -0.2) is 6.71 Å². The van der Waals surface area contributed by atoms with Crippen LogP contribution in [0.2, 0.25) is 0 Å². The van der Waals surface area contributed by atoms with Crippen LogP contribution in [-0.2, 0) is 37.9 Å². The van der Waals surface area contributed by atoms with Crippen molar-refractivity contribution in [2.24, 2.45) is 0 Å². The van der Waals surface area contributed by atoms with E-state index in [4.69, 9.17) is 0 Å². The van der Waals surface area contributed by atoms with E-state index in [9.17, 15) is 0 Å². The lowest BCUT2D eigenvalue weighted by Gasteiger charge is -2.46. The fourth-order valence-electron chi connectivity index (χ4n) is 14.6. The third-order valence-electron chi connectivity index (χ3n) is 19.2. The molecule has 5 heteroatoms. The van der Waals surface area contributed by atoms with Gasteiger partial charge in [0.15, 0.2) is 0 Å². The van der Waals surface area contributed by atoms with Crippen molar-refractivity contribution < 1.29 is 0 Å². The summed E-state index contributed by atoms with van der Waals surface area (Å²) in [5, 5.41) is 1.40. The van der Waals surface area contributed by atoms with Gasteiger partial charge < -0.3 is 14.7 Å². The molecule has 1 saturated carbocycles. The minimum atomic E-state index is -0.0720. The molecule has 2 bridgehead atoms. The Labute approximate surface area is 459 Å². The number of fused-ring (bicyclic) bond motifs is 12. The molecular weight excluding hydrogens is 938 g/mol. The van der Waals surface area contributed by atoms with E-state index in [1.54, 1.807) is 11.1 Å². The van der Waals surface area contributed by atoms with Gasteiger partial charge in [0.2, 0.25) is 0 Å². The molecule has 1 aromatic heterocycles. The first-order valence-electron chi connectivity index (χ1n) is 28.5. The molecule has 2 aliphatic heterocycles. The van der Waals surface area contributed by atoms with Crippen LogP contribution >= 0.6 is 11.3 Å². The zero-order valence-electron chi connectivity index (χ0n) is 48.1. The summed E-state index contributed by atoms with van der Waals surface area (Å²) < 4.78 is 2.87. The SMILES string of the molecule is CC(C)(C)c1cc(N2c3ccc(C(C)(C)C)cc3B3c4sc5cc6c(cc5c4N(c4ccc5c(c4)C(C)(C)CCC5(C)C)c4cc(N(c5ccccc5)c5ccccc5)cc2c43)C2(C)CCC6(C)C2)cc(C(C)(C)C)c1. The summed E-state index contributed by atoms with van der Waals surface area (Å²) in [7, 11) is 0. The van der Waals surface area contributed by atoms with Crippen LogP contribution in [0.5, 0.6) is 0 Å². The quantitative estimate of drug-likeness (QED) is 0.159. The van der Waals surface area contributed by atoms with Crippen molar-refractivity contribution in [2.75, 3.05) is 14.7 Å². The first kappa shape index (κ1) is 49.5. The fourth-order valence-corrected chi connectivity index (χ4v) is 16.0. The van der Waals surface area contributed by atoms with Crippen molar-refractivity contribution >= 4 is 95.0 Å². The lowest BCUT2D eigenvalue weighted by atomic mass is 9.36. The lowest BCUT2D eigenvalue weighted by molar-refractivity contribution is 0.332. The number of hydrogen-bond acceptors (Lipinski definition) is 4. The highest BCUT2D eigenvalue weighted by atomic mass is 32.1. The average molecular weight is 1020 g/mol. The molecule has 386 valence electrons. The van der Waals surface area contributed by atoms with Gasteiger partial charge in [-0.05, 0) is 199 Å². The Kier molecular flexibility index (Phi) is 10.6.